The second kappa shape index (κ2) is 6.81. The van der Waals surface area contributed by atoms with Crippen LogP contribution in [0.15, 0.2) is 48.5 Å². The molecule has 1 N–H and O–H groups in total. The summed E-state index contributed by atoms with van der Waals surface area (Å²) in [6, 6.07) is 16.3. The normalized spacial score (nSPS) is 10.2. The number of rotatable bonds is 6. The number of ether oxygens (including phenoxy) is 2. The minimum absolute atomic E-state index is 0.656. The summed E-state index contributed by atoms with van der Waals surface area (Å²) in [6.07, 6.45) is 0. The van der Waals surface area contributed by atoms with Crippen LogP contribution in [-0.4, -0.2) is 14.2 Å². The molecule has 0 fully saturated rings. The molecule has 3 nitrogen and oxygen atoms in total. The highest BCUT2D eigenvalue weighted by atomic mass is 16.5. The van der Waals surface area contributed by atoms with Gasteiger partial charge < -0.3 is 14.8 Å². The predicted octanol–water partition coefficient (Wildman–Crippen LogP) is 3.45. The second-order valence-corrected chi connectivity index (χ2v) is 4.34. The maximum Gasteiger partial charge on any atom is 0.120 e. The van der Waals surface area contributed by atoms with Crippen molar-refractivity contribution in [3.63, 3.8) is 0 Å². The zero-order chi connectivity index (χ0) is 13.5. The van der Waals surface area contributed by atoms with Gasteiger partial charge in [0.05, 0.1) is 13.7 Å². The number of hydrogen-bond donors (Lipinski definition) is 1. The van der Waals surface area contributed by atoms with Crippen LogP contribution in [0.5, 0.6) is 5.75 Å². The minimum atomic E-state index is 0.656. The molecule has 2 aromatic rings. The molecule has 0 aliphatic rings. The molecule has 0 spiro atoms. The third kappa shape index (κ3) is 4.00. The molecule has 0 atom stereocenters. The molecule has 0 unspecified atom stereocenters. The standard InChI is InChI=1S/C16H19NO2/c1-18-12-14-8-6-13(7-9-14)11-17-15-4-3-5-16(10-15)19-2/h3-10,17H,11-12H2,1-2H3. The van der Waals surface area contributed by atoms with Gasteiger partial charge in [-0.2, -0.15) is 0 Å². The molecule has 0 aromatic heterocycles. The fourth-order valence-electron chi connectivity index (χ4n) is 1.86. The molecule has 0 amide bonds. The van der Waals surface area contributed by atoms with Gasteiger partial charge in [0.2, 0.25) is 0 Å². The van der Waals surface area contributed by atoms with E-state index in [2.05, 4.69) is 29.6 Å². The third-order valence-electron chi connectivity index (χ3n) is 2.90. The number of benzene rings is 2. The Morgan fingerprint density at radius 1 is 0.947 bits per heavy atom. The van der Waals surface area contributed by atoms with Crippen LogP contribution in [0.25, 0.3) is 0 Å². The Morgan fingerprint density at radius 3 is 2.37 bits per heavy atom. The Bertz CT molecular complexity index is 508. The van der Waals surface area contributed by atoms with Gasteiger partial charge in [0, 0.05) is 25.4 Å². The average Bonchev–Trinajstić information content (AvgIpc) is 2.47. The van der Waals surface area contributed by atoms with Crippen LogP contribution in [0.1, 0.15) is 11.1 Å². The number of nitrogens with one attached hydrogen (secondary N) is 1. The minimum Gasteiger partial charge on any atom is -0.497 e. The number of hydrogen-bond acceptors (Lipinski definition) is 3. The first-order valence-electron chi connectivity index (χ1n) is 6.26. The van der Waals surface area contributed by atoms with Crippen molar-refractivity contribution < 1.29 is 9.47 Å². The maximum atomic E-state index is 5.20. The molecule has 19 heavy (non-hydrogen) atoms. The van der Waals surface area contributed by atoms with Gasteiger partial charge in [-0.3, -0.25) is 0 Å². The first-order valence-corrected chi connectivity index (χ1v) is 6.26. The van der Waals surface area contributed by atoms with Crippen LogP contribution in [-0.2, 0) is 17.9 Å². The summed E-state index contributed by atoms with van der Waals surface area (Å²) < 4.78 is 10.3. The lowest BCUT2D eigenvalue weighted by Gasteiger charge is -2.08. The topological polar surface area (TPSA) is 30.5 Å². The van der Waals surface area contributed by atoms with Crippen LogP contribution in [0.3, 0.4) is 0 Å². The summed E-state index contributed by atoms with van der Waals surface area (Å²) in [5, 5.41) is 3.38. The van der Waals surface area contributed by atoms with Gasteiger partial charge in [-0.25, -0.2) is 0 Å². The third-order valence-corrected chi connectivity index (χ3v) is 2.90. The van der Waals surface area contributed by atoms with Crippen LogP contribution >= 0.6 is 0 Å². The van der Waals surface area contributed by atoms with Gasteiger partial charge in [-0.15, -0.1) is 0 Å². The number of anilines is 1. The van der Waals surface area contributed by atoms with Crippen LogP contribution < -0.4 is 10.1 Å². The number of methoxy groups -OCH3 is 2. The molecule has 0 saturated carbocycles. The average molecular weight is 257 g/mol. The fraction of sp³-hybridized carbons (Fsp3) is 0.250. The molecule has 0 aliphatic heterocycles. The van der Waals surface area contributed by atoms with E-state index >= 15 is 0 Å². The van der Waals surface area contributed by atoms with Crippen LogP contribution in [0.2, 0.25) is 0 Å². The van der Waals surface area contributed by atoms with E-state index in [0.717, 1.165) is 18.0 Å². The van der Waals surface area contributed by atoms with E-state index in [4.69, 9.17) is 9.47 Å². The van der Waals surface area contributed by atoms with Gasteiger partial charge in [0.15, 0.2) is 0 Å². The first kappa shape index (κ1) is 13.4. The summed E-state index contributed by atoms with van der Waals surface area (Å²) >= 11 is 0. The van der Waals surface area contributed by atoms with E-state index in [-0.39, 0.29) is 0 Å². The van der Waals surface area contributed by atoms with Crippen molar-refractivity contribution in [2.24, 2.45) is 0 Å². The smallest absolute Gasteiger partial charge is 0.120 e. The Hall–Kier alpha value is -2.00. The van der Waals surface area contributed by atoms with Gasteiger partial charge >= 0.3 is 0 Å². The predicted molar refractivity (Wildman–Crippen MR) is 77.5 cm³/mol. The van der Waals surface area contributed by atoms with Gasteiger partial charge in [0.1, 0.15) is 5.75 Å². The molecule has 2 rings (SSSR count). The molecule has 0 bridgehead atoms. The van der Waals surface area contributed by atoms with E-state index in [9.17, 15) is 0 Å². The highest BCUT2D eigenvalue weighted by molar-refractivity contribution is 5.48. The van der Waals surface area contributed by atoms with Crippen molar-refractivity contribution >= 4 is 5.69 Å². The second-order valence-electron chi connectivity index (χ2n) is 4.34. The summed E-state index contributed by atoms with van der Waals surface area (Å²) in [4.78, 5) is 0. The quantitative estimate of drug-likeness (QED) is 0.859. The molecule has 0 radical (unpaired) electrons. The molecular weight excluding hydrogens is 238 g/mol. The summed E-state index contributed by atoms with van der Waals surface area (Å²) in [6.45, 7) is 1.45. The SMILES string of the molecule is COCc1ccc(CNc2cccc(OC)c2)cc1. The lowest BCUT2D eigenvalue weighted by atomic mass is 10.1. The Morgan fingerprint density at radius 2 is 1.68 bits per heavy atom. The molecule has 0 heterocycles. The van der Waals surface area contributed by atoms with Crippen molar-refractivity contribution in [3.8, 4) is 5.75 Å². The van der Waals surface area contributed by atoms with E-state index in [1.807, 2.05) is 24.3 Å². The Kier molecular flexibility index (Phi) is 4.81. The Labute approximate surface area is 114 Å². The van der Waals surface area contributed by atoms with E-state index in [1.54, 1.807) is 14.2 Å². The van der Waals surface area contributed by atoms with Gasteiger partial charge in [-0.1, -0.05) is 30.3 Å². The highest BCUT2D eigenvalue weighted by Crippen LogP contribution is 2.17. The molecule has 2 aromatic carbocycles. The van der Waals surface area contributed by atoms with Crippen molar-refractivity contribution in [1.29, 1.82) is 0 Å². The summed E-state index contributed by atoms with van der Waals surface area (Å²) in [5.74, 6) is 0.862. The van der Waals surface area contributed by atoms with Crippen molar-refractivity contribution in [2.75, 3.05) is 19.5 Å². The Balaban J connectivity index is 1.94. The lowest BCUT2D eigenvalue weighted by molar-refractivity contribution is 0.185. The van der Waals surface area contributed by atoms with Crippen molar-refractivity contribution in [2.45, 2.75) is 13.2 Å². The maximum absolute atomic E-state index is 5.20. The molecule has 100 valence electrons. The summed E-state index contributed by atoms with van der Waals surface area (Å²) in [5.41, 5.74) is 3.48. The van der Waals surface area contributed by atoms with Crippen LogP contribution in [0, 0.1) is 0 Å². The lowest BCUT2D eigenvalue weighted by Crippen LogP contribution is -1.99. The monoisotopic (exact) mass is 257 g/mol. The van der Waals surface area contributed by atoms with E-state index in [0.29, 0.717) is 6.61 Å². The molecular formula is C16H19NO2. The van der Waals surface area contributed by atoms with E-state index < -0.39 is 0 Å². The van der Waals surface area contributed by atoms with E-state index in [1.165, 1.54) is 11.1 Å². The van der Waals surface area contributed by atoms with Gasteiger partial charge in [0.25, 0.3) is 0 Å². The fourth-order valence-corrected chi connectivity index (χ4v) is 1.86. The molecule has 0 saturated heterocycles. The molecule has 0 aliphatic carbocycles. The summed E-state index contributed by atoms with van der Waals surface area (Å²) in [7, 11) is 3.38. The molecule has 3 heteroatoms. The van der Waals surface area contributed by atoms with Crippen molar-refractivity contribution in [1.82, 2.24) is 0 Å². The highest BCUT2D eigenvalue weighted by Gasteiger charge is 1.97. The largest absolute Gasteiger partial charge is 0.497 e. The van der Waals surface area contributed by atoms with Crippen molar-refractivity contribution in [3.05, 3.63) is 59.7 Å². The van der Waals surface area contributed by atoms with Gasteiger partial charge in [-0.05, 0) is 23.3 Å². The zero-order valence-corrected chi connectivity index (χ0v) is 11.3. The first-order chi connectivity index (χ1) is 9.31. The van der Waals surface area contributed by atoms with Crippen LogP contribution in [0.4, 0.5) is 5.69 Å². The zero-order valence-electron chi connectivity index (χ0n) is 11.3.